The van der Waals surface area contributed by atoms with Crippen LogP contribution in [0, 0.1) is 23.7 Å². The number of benzene rings is 3. The molecule has 58 heavy (non-hydrogen) atoms. The molecule has 14 nitrogen and oxygen atoms in total. The average molecular weight is 787 g/mol. The third-order valence-electron chi connectivity index (χ3n) is 10.9. The minimum Gasteiger partial charge on any atom is -0.453 e. The van der Waals surface area contributed by atoms with Crippen molar-refractivity contribution in [3.8, 4) is 23.1 Å². The van der Waals surface area contributed by atoms with E-state index < -0.39 is 18.2 Å². The van der Waals surface area contributed by atoms with Gasteiger partial charge >= 0.3 is 6.09 Å². The number of amides is 3. The fraction of sp³-hybridized carbons (Fsp3) is 0.409. The first kappa shape index (κ1) is 40.0. The number of rotatable bonds is 11. The number of methoxy groups -OCH3 is 1. The Labute approximate surface area is 337 Å². The molecule has 0 bridgehead atoms. The number of likely N-dealkylation sites (tertiary alicyclic amines) is 2. The zero-order chi connectivity index (χ0) is 40.9. The molecule has 3 amide bonds. The summed E-state index contributed by atoms with van der Waals surface area (Å²) < 4.78 is 4.76. The van der Waals surface area contributed by atoms with Crippen molar-refractivity contribution in [2.75, 3.05) is 27.3 Å². The number of imidazole rings is 2. The SMILES string of the molecule is COOC=N[C@H](C(=O)N1CCC[C@H]1c1nc2ccc(C#Cc3ccc4cc(-c5cnc([C@@H]6CCCN6C(=O)[C@@H](NC(=O)OC)C(C)C)[nH]5)ccc4c3)cc2[nH]1)C(C)C. The van der Waals surface area contributed by atoms with Crippen molar-refractivity contribution in [2.24, 2.45) is 16.8 Å². The summed E-state index contributed by atoms with van der Waals surface area (Å²) >= 11 is 0. The van der Waals surface area contributed by atoms with Crippen LogP contribution >= 0.6 is 0 Å². The van der Waals surface area contributed by atoms with Crippen LogP contribution in [0.5, 0.6) is 0 Å². The largest absolute Gasteiger partial charge is 0.453 e. The summed E-state index contributed by atoms with van der Waals surface area (Å²) in [6, 6.07) is 16.7. The lowest BCUT2D eigenvalue weighted by atomic mass is 10.0. The van der Waals surface area contributed by atoms with E-state index in [1.54, 1.807) is 0 Å². The lowest BCUT2D eigenvalue weighted by Gasteiger charge is -2.30. The van der Waals surface area contributed by atoms with Gasteiger partial charge in [0.1, 0.15) is 23.7 Å². The molecule has 3 aromatic carbocycles. The standard InChI is InChI=1S/C44H50N8O6/c1-26(2)38(46-25-58-57-6)42(53)52-20-8-10-37(52)41-47-33-18-14-29(22-34(33)48-41)12-11-28-13-15-31-23-32(17-16-30(31)21-28)35-24-45-40(49-35)36-9-7-19-51(36)43(54)39(27(3)4)50-44(55)56-5/h13-18,21-27,36-39H,7-10,19-20H2,1-6H3,(H,45,49)(H,47,48)(H,50,55)/t36-,37-,38-,39-/m0/s1. The van der Waals surface area contributed by atoms with E-state index in [0.717, 1.165) is 81.5 Å². The average Bonchev–Trinajstić information content (AvgIpc) is 4.06. The molecule has 2 fully saturated rings. The van der Waals surface area contributed by atoms with Gasteiger partial charge in [0.2, 0.25) is 18.2 Å². The van der Waals surface area contributed by atoms with Crippen LogP contribution in [-0.2, 0) is 24.1 Å². The number of carbonyl (C=O) groups is 3. The predicted molar refractivity (Wildman–Crippen MR) is 220 cm³/mol. The zero-order valence-corrected chi connectivity index (χ0v) is 33.7. The van der Waals surface area contributed by atoms with Crippen molar-refractivity contribution in [1.29, 1.82) is 0 Å². The second kappa shape index (κ2) is 17.5. The molecule has 4 heterocycles. The molecular formula is C44H50N8O6. The summed E-state index contributed by atoms with van der Waals surface area (Å²) in [6.07, 6.45) is 5.69. The third-order valence-corrected chi connectivity index (χ3v) is 10.9. The monoisotopic (exact) mass is 786 g/mol. The molecule has 2 aliphatic heterocycles. The van der Waals surface area contributed by atoms with Crippen LogP contribution in [0.25, 0.3) is 33.1 Å². The molecule has 2 aromatic heterocycles. The van der Waals surface area contributed by atoms with Crippen molar-refractivity contribution in [3.05, 3.63) is 83.6 Å². The number of nitrogens with zero attached hydrogens (tertiary/aromatic N) is 5. The van der Waals surface area contributed by atoms with Crippen molar-refractivity contribution >= 4 is 46.1 Å². The molecule has 14 heteroatoms. The van der Waals surface area contributed by atoms with E-state index in [1.807, 2.05) is 68.0 Å². The third kappa shape index (κ3) is 8.55. The number of hydrogen-bond acceptors (Lipinski definition) is 9. The summed E-state index contributed by atoms with van der Waals surface area (Å²) in [7, 11) is 2.68. The summed E-state index contributed by atoms with van der Waals surface area (Å²) in [5.74, 6) is 7.79. The number of H-pyrrole nitrogens is 2. The first-order valence-corrected chi connectivity index (χ1v) is 19.8. The Bertz CT molecular complexity index is 2390. The van der Waals surface area contributed by atoms with Crippen LogP contribution < -0.4 is 5.32 Å². The van der Waals surface area contributed by atoms with Gasteiger partial charge in [0.05, 0.1) is 49.2 Å². The molecule has 2 saturated heterocycles. The Morgan fingerprint density at radius 2 is 1.52 bits per heavy atom. The predicted octanol–water partition coefficient (Wildman–Crippen LogP) is 6.84. The van der Waals surface area contributed by atoms with Crippen LogP contribution in [0.4, 0.5) is 4.79 Å². The van der Waals surface area contributed by atoms with Gasteiger partial charge in [0, 0.05) is 29.8 Å². The lowest BCUT2D eigenvalue weighted by Crippen LogP contribution is -2.51. The fourth-order valence-electron chi connectivity index (χ4n) is 7.88. The number of ether oxygens (including phenoxy) is 1. The molecule has 0 radical (unpaired) electrons. The minimum absolute atomic E-state index is 0.0172. The smallest absolute Gasteiger partial charge is 0.407 e. The minimum atomic E-state index is -0.688. The number of carbonyl (C=O) groups excluding carboxylic acids is 3. The normalized spacial score (nSPS) is 17.9. The number of aliphatic imine (C=N–C) groups is 1. The topological polar surface area (TPSA) is 167 Å². The molecule has 302 valence electrons. The van der Waals surface area contributed by atoms with Crippen molar-refractivity contribution in [3.63, 3.8) is 0 Å². The number of aromatic amines is 2. The van der Waals surface area contributed by atoms with Gasteiger partial charge in [-0.15, -0.1) is 0 Å². The maximum atomic E-state index is 13.6. The quantitative estimate of drug-likeness (QED) is 0.0430. The highest BCUT2D eigenvalue weighted by atomic mass is 17.2. The van der Waals surface area contributed by atoms with E-state index in [1.165, 1.54) is 20.6 Å². The summed E-state index contributed by atoms with van der Waals surface area (Å²) in [5.41, 5.74) is 5.26. The fourth-order valence-corrected chi connectivity index (χ4v) is 7.88. The Balaban J connectivity index is 1.04. The van der Waals surface area contributed by atoms with E-state index in [9.17, 15) is 14.4 Å². The highest BCUT2D eigenvalue weighted by Gasteiger charge is 2.38. The number of alkyl carbamates (subject to hydrolysis) is 1. The van der Waals surface area contributed by atoms with Gasteiger partial charge in [-0.3, -0.25) is 9.59 Å². The van der Waals surface area contributed by atoms with Crippen molar-refractivity contribution < 1.29 is 28.9 Å². The molecular weight excluding hydrogens is 737 g/mol. The van der Waals surface area contributed by atoms with Crippen LogP contribution in [0.1, 0.15) is 88.2 Å². The van der Waals surface area contributed by atoms with Gasteiger partial charge in [-0.05, 0) is 84.7 Å². The maximum absolute atomic E-state index is 13.6. The van der Waals surface area contributed by atoms with Crippen LogP contribution in [0.15, 0.2) is 65.8 Å². The summed E-state index contributed by atoms with van der Waals surface area (Å²) in [5, 5.41) is 4.82. The molecule has 7 rings (SSSR count). The summed E-state index contributed by atoms with van der Waals surface area (Å²) in [4.78, 5) is 73.0. The Hall–Kier alpha value is -6.20. The number of hydrogen-bond donors (Lipinski definition) is 3. The second-order valence-corrected chi connectivity index (χ2v) is 15.5. The molecule has 2 aliphatic rings. The molecule has 0 unspecified atom stereocenters. The molecule has 0 spiro atoms. The molecule has 0 saturated carbocycles. The van der Waals surface area contributed by atoms with E-state index in [4.69, 9.17) is 19.6 Å². The van der Waals surface area contributed by atoms with Gasteiger partial charge in [-0.1, -0.05) is 57.7 Å². The van der Waals surface area contributed by atoms with Crippen molar-refractivity contribution in [1.82, 2.24) is 35.1 Å². The van der Waals surface area contributed by atoms with E-state index >= 15 is 0 Å². The van der Waals surface area contributed by atoms with Crippen LogP contribution in [0.3, 0.4) is 0 Å². The van der Waals surface area contributed by atoms with Gasteiger partial charge < -0.3 is 34.7 Å². The second-order valence-electron chi connectivity index (χ2n) is 15.5. The van der Waals surface area contributed by atoms with Crippen LogP contribution in [-0.4, -0.2) is 93.4 Å². The molecule has 4 atom stereocenters. The molecule has 5 aromatic rings. The Kier molecular flexibility index (Phi) is 12.1. The highest BCUT2D eigenvalue weighted by Crippen LogP contribution is 2.35. The van der Waals surface area contributed by atoms with E-state index in [-0.39, 0.29) is 35.7 Å². The van der Waals surface area contributed by atoms with Gasteiger partial charge in [-0.25, -0.2) is 19.8 Å². The maximum Gasteiger partial charge on any atom is 0.407 e. The first-order chi connectivity index (χ1) is 28.0. The van der Waals surface area contributed by atoms with Crippen molar-refractivity contribution in [2.45, 2.75) is 77.5 Å². The number of fused-ring (bicyclic) bond motifs is 2. The summed E-state index contributed by atoms with van der Waals surface area (Å²) in [6.45, 7) is 8.96. The lowest BCUT2D eigenvalue weighted by molar-refractivity contribution is -0.188. The van der Waals surface area contributed by atoms with E-state index in [2.05, 4.69) is 67.3 Å². The Morgan fingerprint density at radius 1 is 0.845 bits per heavy atom. The highest BCUT2D eigenvalue weighted by molar-refractivity contribution is 5.89. The zero-order valence-electron chi connectivity index (χ0n) is 33.7. The van der Waals surface area contributed by atoms with Gasteiger partial charge in [0.25, 0.3) is 0 Å². The van der Waals surface area contributed by atoms with E-state index in [0.29, 0.717) is 13.1 Å². The first-order valence-electron chi connectivity index (χ1n) is 19.8. The molecule has 3 N–H and O–H groups in total. The van der Waals surface area contributed by atoms with Crippen LogP contribution in [0.2, 0.25) is 0 Å². The Morgan fingerprint density at radius 3 is 2.22 bits per heavy atom. The number of aromatic nitrogens is 4. The molecule has 0 aliphatic carbocycles. The number of nitrogens with one attached hydrogen (secondary N) is 3. The van der Waals surface area contributed by atoms with Gasteiger partial charge in [-0.2, -0.15) is 4.89 Å². The van der Waals surface area contributed by atoms with Gasteiger partial charge in [0.15, 0.2) is 0 Å².